The lowest BCUT2D eigenvalue weighted by Gasteiger charge is -2.37. The molecule has 0 saturated carbocycles. The average molecular weight is 362 g/mol. The van der Waals surface area contributed by atoms with Crippen molar-refractivity contribution in [2.45, 2.75) is 95.8 Å². The second kappa shape index (κ2) is 11.9. The summed E-state index contributed by atoms with van der Waals surface area (Å²) in [5.41, 5.74) is 0.910. The summed E-state index contributed by atoms with van der Waals surface area (Å²) in [6.07, 6.45) is 12.2. The molecule has 1 aromatic carbocycles. The van der Waals surface area contributed by atoms with Crippen LogP contribution in [0.3, 0.4) is 0 Å². The zero-order valence-electron chi connectivity index (χ0n) is 16.2. The van der Waals surface area contributed by atoms with Gasteiger partial charge in [0.25, 0.3) is 0 Å². The minimum absolute atomic E-state index is 0.226. The molecule has 0 radical (unpaired) electrons. The minimum atomic E-state index is -0.391. The third kappa shape index (κ3) is 7.36. The summed E-state index contributed by atoms with van der Waals surface area (Å²) < 4.78 is 5.22. The van der Waals surface area contributed by atoms with Crippen LogP contribution in [0.1, 0.15) is 77.6 Å². The highest BCUT2D eigenvalue weighted by atomic mass is 16.6. The van der Waals surface area contributed by atoms with Crippen LogP contribution < -0.4 is 5.32 Å². The Labute approximate surface area is 158 Å². The quantitative estimate of drug-likeness (QED) is 0.359. The molecule has 1 aliphatic rings. The van der Waals surface area contributed by atoms with Gasteiger partial charge in [0.2, 0.25) is 0 Å². The van der Waals surface area contributed by atoms with Crippen molar-refractivity contribution in [3.05, 3.63) is 30.3 Å². The van der Waals surface area contributed by atoms with Crippen molar-refractivity contribution in [2.24, 2.45) is 0 Å². The fourth-order valence-electron chi connectivity index (χ4n) is 3.50. The summed E-state index contributed by atoms with van der Waals surface area (Å²) in [5, 5.41) is 13.4. The van der Waals surface area contributed by atoms with E-state index < -0.39 is 6.10 Å². The first-order valence-corrected chi connectivity index (χ1v) is 10.4. The second-order valence-electron chi connectivity index (χ2n) is 7.47. The van der Waals surface area contributed by atoms with E-state index in [1.807, 2.05) is 30.3 Å². The number of aliphatic hydroxyl groups is 1. The van der Waals surface area contributed by atoms with E-state index in [1.165, 1.54) is 51.4 Å². The van der Waals surface area contributed by atoms with Gasteiger partial charge in [-0.25, -0.2) is 4.79 Å². The van der Waals surface area contributed by atoms with Crippen molar-refractivity contribution in [1.29, 1.82) is 0 Å². The van der Waals surface area contributed by atoms with Gasteiger partial charge in [0.15, 0.2) is 6.04 Å². The number of benzene rings is 1. The molecule has 1 heterocycles. The molecular formula is C22H35NO3. The molecule has 1 saturated heterocycles. The molecule has 0 spiro atoms. The van der Waals surface area contributed by atoms with Crippen LogP contribution >= 0.6 is 0 Å². The number of hydrogen-bond acceptors (Lipinski definition) is 4. The summed E-state index contributed by atoms with van der Waals surface area (Å²) >= 11 is 0. The number of esters is 1. The van der Waals surface area contributed by atoms with Gasteiger partial charge in [-0.2, -0.15) is 0 Å². The summed E-state index contributed by atoms with van der Waals surface area (Å²) in [7, 11) is 0. The molecule has 0 amide bonds. The average Bonchev–Trinajstić information content (AvgIpc) is 2.65. The second-order valence-corrected chi connectivity index (χ2v) is 7.47. The molecule has 3 atom stereocenters. The molecular weight excluding hydrogens is 326 g/mol. The van der Waals surface area contributed by atoms with E-state index in [1.54, 1.807) is 0 Å². The highest BCUT2D eigenvalue weighted by Gasteiger charge is 2.43. The van der Waals surface area contributed by atoms with Crippen molar-refractivity contribution >= 4 is 11.7 Å². The maximum Gasteiger partial charge on any atom is 0.332 e. The zero-order chi connectivity index (χ0) is 18.6. The van der Waals surface area contributed by atoms with Crippen LogP contribution in [-0.2, 0) is 9.53 Å². The Hall–Kier alpha value is -1.55. The number of ether oxygens (including phenoxy) is 1. The molecule has 26 heavy (non-hydrogen) atoms. The highest BCUT2D eigenvalue weighted by Crippen LogP contribution is 2.25. The van der Waals surface area contributed by atoms with E-state index >= 15 is 0 Å². The first-order chi connectivity index (χ1) is 12.7. The number of nitrogens with one attached hydrogen (secondary N) is 1. The first kappa shape index (κ1) is 20.8. The number of cyclic esters (lactones) is 1. The van der Waals surface area contributed by atoms with Gasteiger partial charge >= 0.3 is 5.97 Å². The maximum atomic E-state index is 11.7. The standard InChI is InChI=1S/C22H35NO3/c1-2-3-4-5-6-7-8-9-13-16-19(24)17-20-21(22(25)26-20)23-18-14-11-10-12-15-18/h10-12,14-15,19-21,23-24H,2-9,13,16-17H2,1H3/t19-,20+,21+/m1/s1. The highest BCUT2D eigenvalue weighted by molar-refractivity contribution is 5.85. The topological polar surface area (TPSA) is 58.6 Å². The van der Waals surface area contributed by atoms with Gasteiger partial charge in [0.05, 0.1) is 6.10 Å². The lowest BCUT2D eigenvalue weighted by Crippen LogP contribution is -2.55. The Morgan fingerprint density at radius 2 is 1.62 bits per heavy atom. The van der Waals surface area contributed by atoms with Crippen LogP contribution in [-0.4, -0.2) is 29.3 Å². The van der Waals surface area contributed by atoms with Gasteiger partial charge in [-0.15, -0.1) is 0 Å². The number of unbranched alkanes of at least 4 members (excludes halogenated alkanes) is 8. The fourth-order valence-corrected chi connectivity index (χ4v) is 3.50. The van der Waals surface area contributed by atoms with Crippen LogP contribution in [0.4, 0.5) is 5.69 Å². The molecule has 0 aromatic heterocycles. The molecule has 1 aliphatic heterocycles. The van der Waals surface area contributed by atoms with Crippen LogP contribution in [0.15, 0.2) is 30.3 Å². The van der Waals surface area contributed by atoms with Gasteiger partial charge in [-0.05, 0) is 18.6 Å². The Kier molecular flexibility index (Phi) is 9.54. The molecule has 4 heteroatoms. The van der Waals surface area contributed by atoms with Gasteiger partial charge < -0.3 is 15.2 Å². The number of carbonyl (C=O) groups excluding carboxylic acids is 1. The molecule has 2 N–H and O–H groups in total. The monoisotopic (exact) mass is 361 g/mol. The predicted molar refractivity (Wildman–Crippen MR) is 106 cm³/mol. The van der Waals surface area contributed by atoms with E-state index in [0.29, 0.717) is 6.42 Å². The number of anilines is 1. The molecule has 0 bridgehead atoms. The van der Waals surface area contributed by atoms with Gasteiger partial charge in [0, 0.05) is 12.1 Å². The molecule has 2 rings (SSSR count). The van der Waals surface area contributed by atoms with Crippen LogP contribution in [0.25, 0.3) is 0 Å². The van der Waals surface area contributed by atoms with Gasteiger partial charge in [0.1, 0.15) is 6.10 Å². The van der Waals surface area contributed by atoms with Crippen LogP contribution in [0.5, 0.6) is 0 Å². The van der Waals surface area contributed by atoms with Crippen LogP contribution in [0, 0.1) is 0 Å². The maximum absolute atomic E-state index is 11.7. The molecule has 0 aliphatic carbocycles. The largest absolute Gasteiger partial charge is 0.458 e. The summed E-state index contributed by atoms with van der Waals surface area (Å²) in [6, 6.07) is 9.33. The lowest BCUT2D eigenvalue weighted by molar-refractivity contribution is -0.174. The lowest BCUT2D eigenvalue weighted by atomic mass is 9.96. The smallest absolute Gasteiger partial charge is 0.332 e. The summed E-state index contributed by atoms with van der Waals surface area (Å²) in [5.74, 6) is -0.228. The van der Waals surface area contributed by atoms with Crippen molar-refractivity contribution in [3.8, 4) is 0 Å². The van der Waals surface area contributed by atoms with Crippen molar-refractivity contribution in [2.75, 3.05) is 5.32 Å². The number of carbonyl (C=O) groups is 1. The fraction of sp³-hybridized carbons (Fsp3) is 0.682. The SMILES string of the molecule is CCCCCCCCCCC[C@@H](O)C[C@@H]1OC(=O)[C@H]1Nc1ccccc1. The molecule has 1 aromatic rings. The number of para-hydroxylation sites is 1. The Balaban J connectivity index is 1.53. The predicted octanol–water partition coefficient (Wildman–Crippen LogP) is 5.06. The van der Waals surface area contributed by atoms with Crippen LogP contribution in [0.2, 0.25) is 0 Å². The Bertz CT molecular complexity index is 505. The zero-order valence-corrected chi connectivity index (χ0v) is 16.2. The number of aliphatic hydroxyl groups excluding tert-OH is 1. The van der Waals surface area contributed by atoms with E-state index in [9.17, 15) is 9.90 Å². The van der Waals surface area contributed by atoms with E-state index in [2.05, 4.69) is 12.2 Å². The van der Waals surface area contributed by atoms with Crippen molar-refractivity contribution in [1.82, 2.24) is 0 Å². The first-order valence-electron chi connectivity index (χ1n) is 10.4. The van der Waals surface area contributed by atoms with Crippen molar-refractivity contribution < 1.29 is 14.6 Å². The molecule has 146 valence electrons. The summed E-state index contributed by atoms with van der Waals surface area (Å²) in [4.78, 5) is 11.7. The van der Waals surface area contributed by atoms with E-state index in [-0.39, 0.29) is 18.1 Å². The van der Waals surface area contributed by atoms with Gasteiger partial charge in [-0.1, -0.05) is 82.9 Å². The van der Waals surface area contributed by atoms with E-state index in [4.69, 9.17) is 4.74 Å². The number of hydrogen-bond donors (Lipinski definition) is 2. The Morgan fingerprint density at radius 3 is 2.23 bits per heavy atom. The third-order valence-electron chi connectivity index (χ3n) is 5.13. The molecule has 4 nitrogen and oxygen atoms in total. The minimum Gasteiger partial charge on any atom is -0.458 e. The normalized spacial score (nSPS) is 20.3. The number of rotatable bonds is 14. The van der Waals surface area contributed by atoms with E-state index in [0.717, 1.165) is 18.5 Å². The van der Waals surface area contributed by atoms with Gasteiger partial charge in [-0.3, -0.25) is 0 Å². The Morgan fingerprint density at radius 1 is 1.00 bits per heavy atom. The molecule has 0 unspecified atom stereocenters. The third-order valence-corrected chi connectivity index (χ3v) is 5.13. The molecule has 1 fully saturated rings. The van der Waals surface area contributed by atoms with Crippen molar-refractivity contribution in [3.63, 3.8) is 0 Å². The summed E-state index contributed by atoms with van der Waals surface area (Å²) in [6.45, 7) is 2.25.